The van der Waals surface area contributed by atoms with E-state index in [1.165, 1.54) is 0 Å². The van der Waals surface area contributed by atoms with Crippen molar-refractivity contribution in [3.63, 3.8) is 0 Å². The summed E-state index contributed by atoms with van der Waals surface area (Å²) in [6, 6.07) is 7.18. The summed E-state index contributed by atoms with van der Waals surface area (Å²) < 4.78 is 0. The first-order chi connectivity index (χ1) is 7.27. The Kier molecular flexibility index (Phi) is 2.87. The molecule has 80 valence electrons. The molecule has 0 aliphatic carbocycles. The maximum Gasteiger partial charge on any atom is 0.221 e. The molecule has 1 saturated heterocycles. The molecule has 1 aromatic rings. The average molecular weight is 206 g/mol. The minimum Gasteiger partial charge on any atom is -0.508 e. The van der Waals surface area contributed by atoms with E-state index in [0.29, 0.717) is 19.5 Å². The van der Waals surface area contributed by atoms with Crippen LogP contribution in [-0.4, -0.2) is 24.1 Å². The van der Waals surface area contributed by atoms with Crippen molar-refractivity contribution < 1.29 is 9.90 Å². The monoisotopic (exact) mass is 206 g/mol. The molecule has 1 atom stereocenters. The molecule has 1 amide bonds. The van der Waals surface area contributed by atoms with Crippen molar-refractivity contribution in [3.05, 3.63) is 29.8 Å². The Bertz CT molecular complexity index is 365. The van der Waals surface area contributed by atoms with Crippen LogP contribution >= 0.6 is 0 Å². The van der Waals surface area contributed by atoms with E-state index >= 15 is 0 Å². The molecule has 1 aliphatic rings. The number of amides is 1. The summed E-state index contributed by atoms with van der Waals surface area (Å²) >= 11 is 0. The molecule has 3 N–H and O–H groups in total. The molecule has 1 aliphatic heterocycles. The van der Waals surface area contributed by atoms with E-state index < -0.39 is 0 Å². The van der Waals surface area contributed by atoms with Crippen LogP contribution in [0.5, 0.6) is 5.75 Å². The molecular weight excluding hydrogens is 192 g/mol. The van der Waals surface area contributed by atoms with Crippen molar-refractivity contribution in [3.8, 4) is 5.75 Å². The SMILES string of the molecule is O=C1CCNC(c2ccccc2O)CN1. The van der Waals surface area contributed by atoms with Crippen molar-refractivity contribution in [1.29, 1.82) is 0 Å². The van der Waals surface area contributed by atoms with Gasteiger partial charge in [-0.3, -0.25) is 4.79 Å². The summed E-state index contributed by atoms with van der Waals surface area (Å²) in [5.74, 6) is 0.326. The number of aromatic hydroxyl groups is 1. The second kappa shape index (κ2) is 4.31. The van der Waals surface area contributed by atoms with Crippen LogP contribution in [0.4, 0.5) is 0 Å². The predicted octanol–water partition coefficient (Wildman–Crippen LogP) is 0.543. The number of para-hydroxylation sites is 1. The van der Waals surface area contributed by atoms with Crippen LogP contribution < -0.4 is 10.6 Å². The molecular formula is C11H14N2O2. The van der Waals surface area contributed by atoms with Gasteiger partial charge in [-0.1, -0.05) is 18.2 Å². The maximum atomic E-state index is 11.1. The van der Waals surface area contributed by atoms with Gasteiger partial charge in [0.25, 0.3) is 0 Å². The van der Waals surface area contributed by atoms with Gasteiger partial charge in [-0.2, -0.15) is 0 Å². The van der Waals surface area contributed by atoms with Gasteiger partial charge in [0, 0.05) is 25.1 Å². The van der Waals surface area contributed by atoms with Crippen LogP contribution in [0.3, 0.4) is 0 Å². The number of nitrogens with one attached hydrogen (secondary N) is 2. The number of phenolic OH excluding ortho intramolecular Hbond substituents is 1. The molecule has 4 heteroatoms. The molecule has 0 radical (unpaired) electrons. The van der Waals surface area contributed by atoms with E-state index in [1.54, 1.807) is 12.1 Å². The average Bonchev–Trinajstić information content (AvgIpc) is 2.44. The third kappa shape index (κ3) is 2.27. The smallest absolute Gasteiger partial charge is 0.221 e. The first-order valence-electron chi connectivity index (χ1n) is 5.05. The minimum absolute atomic E-state index is 0.00218. The van der Waals surface area contributed by atoms with Gasteiger partial charge in [0.1, 0.15) is 5.75 Å². The third-order valence-electron chi connectivity index (χ3n) is 2.56. The summed E-state index contributed by atoms with van der Waals surface area (Å²) in [6.07, 6.45) is 0.490. The largest absolute Gasteiger partial charge is 0.508 e. The third-order valence-corrected chi connectivity index (χ3v) is 2.56. The lowest BCUT2D eigenvalue weighted by atomic mass is 10.1. The van der Waals surface area contributed by atoms with Crippen molar-refractivity contribution >= 4 is 5.91 Å². The molecule has 0 spiro atoms. The lowest BCUT2D eigenvalue weighted by Gasteiger charge is -2.16. The Balaban J connectivity index is 2.16. The van der Waals surface area contributed by atoms with Crippen LogP contribution in [0.2, 0.25) is 0 Å². The van der Waals surface area contributed by atoms with Gasteiger partial charge in [0.05, 0.1) is 6.04 Å². The van der Waals surface area contributed by atoms with E-state index in [2.05, 4.69) is 10.6 Å². The maximum absolute atomic E-state index is 11.1. The summed E-state index contributed by atoms with van der Waals surface area (Å²) in [5, 5.41) is 15.7. The Morgan fingerprint density at radius 1 is 1.33 bits per heavy atom. The van der Waals surface area contributed by atoms with Gasteiger partial charge in [0.15, 0.2) is 0 Å². The number of phenols is 1. The van der Waals surface area contributed by atoms with Crippen LogP contribution in [0.25, 0.3) is 0 Å². The minimum atomic E-state index is -0.00218. The van der Waals surface area contributed by atoms with Crippen LogP contribution in [0.1, 0.15) is 18.0 Å². The van der Waals surface area contributed by atoms with Gasteiger partial charge < -0.3 is 15.7 Å². The lowest BCUT2D eigenvalue weighted by Crippen LogP contribution is -2.28. The fourth-order valence-electron chi connectivity index (χ4n) is 1.74. The van der Waals surface area contributed by atoms with Gasteiger partial charge in [0.2, 0.25) is 5.91 Å². The number of hydrogen-bond acceptors (Lipinski definition) is 3. The van der Waals surface area contributed by atoms with Gasteiger partial charge in [-0.25, -0.2) is 0 Å². The standard InChI is InChI=1S/C11H14N2O2/c14-10-4-2-1-3-8(10)9-7-13-11(15)5-6-12-9/h1-4,9,12,14H,5-7H2,(H,13,15). The second-order valence-electron chi connectivity index (χ2n) is 3.62. The fraction of sp³-hybridized carbons (Fsp3) is 0.364. The topological polar surface area (TPSA) is 61.4 Å². The van der Waals surface area contributed by atoms with E-state index in [1.807, 2.05) is 12.1 Å². The highest BCUT2D eigenvalue weighted by atomic mass is 16.3. The van der Waals surface area contributed by atoms with Gasteiger partial charge in [-0.05, 0) is 6.07 Å². The zero-order chi connectivity index (χ0) is 10.7. The quantitative estimate of drug-likeness (QED) is 0.628. The van der Waals surface area contributed by atoms with E-state index in [0.717, 1.165) is 5.56 Å². The second-order valence-corrected chi connectivity index (χ2v) is 3.62. The summed E-state index contributed by atoms with van der Waals surface area (Å²) in [6.45, 7) is 1.17. The molecule has 1 aromatic carbocycles. The Morgan fingerprint density at radius 2 is 2.13 bits per heavy atom. The summed E-state index contributed by atoms with van der Waals surface area (Å²) in [4.78, 5) is 11.1. The van der Waals surface area contributed by atoms with Crippen molar-refractivity contribution in [2.45, 2.75) is 12.5 Å². The van der Waals surface area contributed by atoms with Crippen molar-refractivity contribution in [2.24, 2.45) is 0 Å². The molecule has 0 aromatic heterocycles. The van der Waals surface area contributed by atoms with Gasteiger partial charge in [-0.15, -0.1) is 0 Å². The first-order valence-corrected chi connectivity index (χ1v) is 5.05. The zero-order valence-corrected chi connectivity index (χ0v) is 8.36. The predicted molar refractivity (Wildman–Crippen MR) is 56.5 cm³/mol. The lowest BCUT2D eigenvalue weighted by molar-refractivity contribution is -0.120. The molecule has 1 heterocycles. The molecule has 1 fully saturated rings. The van der Waals surface area contributed by atoms with Crippen LogP contribution in [-0.2, 0) is 4.79 Å². The number of rotatable bonds is 1. The fourth-order valence-corrected chi connectivity index (χ4v) is 1.74. The van der Waals surface area contributed by atoms with Gasteiger partial charge >= 0.3 is 0 Å². The molecule has 1 unspecified atom stereocenters. The van der Waals surface area contributed by atoms with Crippen LogP contribution in [0.15, 0.2) is 24.3 Å². The number of carbonyl (C=O) groups is 1. The summed E-state index contributed by atoms with van der Waals surface area (Å²) in [7, 11) is 0. The highest BCUT2D eigenvalue weighted by Gasteiger charge is 2.18. The Labute approximate surface area is 88.3 Å². The normalized spacial score (nSPS) is 21.9. The zero-order valence-electron chi connectivity index (χ0n) is 8.36. The number of carbonyl (C=O) groups excluding carboxylic acids is 1. The molecule has 15 heavy (non-hydrogen) atoms. The molecule has 4 nitrogen and oxygen atoms in total. The van der Waals surface area contributed by atoms with Crippen molar-refractivity contribution in [2.75, 3.05) is 13.1 Å². The molecule has 0 saturated carbocycles. The van der Waals surface area contributed by atoms with Crippen molar-refractivity contribution in [1.82, 2.24) is 10.6 Å². The molecule has 2 rings (SSSR count). The highest BCUT2D eigenvalue weighted by molar-refractivity contribution is 5.76. The van der Waals surface area contributed by atoms with E-state index in [-0.39, 0.29) is 17.7 Å². The Hall–Kier alpha value is -1.55. The molecule has 0 bridgehead atoms. The van der Waals surface area contributed by atoms with Crippen LogP contribution in [0, 0.1) is 0 Å². The van der Waals surface area contributed by atoms with E-state index in [9.17, 15) is 9.90 Å². The van der Waals surface area contributed by atoms with E-state index in [4.69, 9.17) is 0 Å². The first kappa shape index (κ1) is 9.98. The number of hydrogen-bond donors (Lipinski definition) is 3. The summed E-state index contributed by atoms with van der Waals surface area (Å²) in [5.41, 5.74) is 0.833. The highest BCUT2D eigenvalue weighted by Crippen LogP contribution is 2.23. The Morgan fingerprint density at radius 3 is 2.93 bits per heavy atom. The number of benzene rings is 1.